The number of halogens is 1. The van der Waals surface area contributed by atoms with Gasteiger partial charge in [0.15, 0.2) is 5.82 Å². The van der Waals surface area contributed by atoms with E-state index in [4.69, 9.17) is 4.74 Å². The molecule has 0 aliphatic carbocycles. The molecule has 38 heavy (non-hydrogen) atoms. The van der Waals surface area contributed by atoms with Gasteiger partial charge in [0.05, 0.1) is 18.2 Å². The zero-order valence-corrected chi connectivity index (χ0v) is 21.7. The number of hydrogen-bond donors (Lipinski definition) is 1. The number of nitrogens with one attached hydrogen (secondary N) is 1. The molecule has 2 aromatic carbocycles. The van der Waals surface area contributed by atoms with Gasteiger partial charge < -0.3 is 9.72 Å². The SMILES string of the molecule is Cc1cc(C)c2[nH]c(=O)c([C@@H](c3nnnn3C[C@@H]3CCCO3)N3CC=C(c4ccc(F)cc4)CC3)cc2c1. The topological polar surface area (TPSA) is 88.9 Å². The van der Waals surface area contributed by atoms with Gasteiger partial charge in [-0.25, -0.2) is 9.07 Å². The van der Waals surface area contributed by atoms with Crippen LogP contribution in [0.3, 0.4) is 0 Å². The van der Waals surface area contributed by atoms with Gasteiger partial charge in [0, 0.05) is 25.3 Å². The quantitative estimate of drug-likeness (QED) is 0.412. The van der Waals surface area contributed by atoms with Crippen molar-refractivity contribution in [1.82, 2.24) is 30.1 Å². The first-order chi connectivity index (χ1) is 18.5. The zero-order chi connectivity index (χ0) is 26.2. The van der Waals surface area contributed by atoms with Crippen LogP contribution in [0.25, 0.3) is 16.5 Å². The summed E-state index contributed by atoms with van der Waals surface area (Å²) in [6.45, 7) is 6.67. The Morgan fingerprint density at radius 2 is 2.03 bits per heavy atom. The molecule has 0 spiro atoms. The van der Waals surface area contributed by atoms with Crippen molar-refractivity contribution in [3.8, 4) is 0 Å². The second-order valence-electron chi connectivity index (χ2n) is 10.3. The first-order valence-electron chi connectivity index (χ1n) is 13.2. The second kappa shape index (κ2) is 10.2. The number of fused-ring (bicyclic) bond motifs is 1. The van der Waals surface area contributed by atoms with Crippen molar-refractivity contribution in [2.24, 2.45) is 0 Å². The summed E-state index contributed by atoms with van der Waals surface area (Å²) < 4.78 is 21.1. The Balaban J connectivity index is 1.41. The minimum atomic E-state index is -0.439. The summed E-state index contributed by atoms with van der Waals surface area (Å²) in [6, 6.07) is 12.3. The van der Waals surface area contributed by atoms with Crippen molar-refractivity contribution in [3.05, 3.63) is 92.8 Å². The van der Waals surface area contributed by atoms with E-state index in [9.17, 15) is 9.18 Å². The van der Waals surface area contributed by atoms with Gasteiger partial charge in [-0.15, -0.1) is 5.10 Å². The molecule has 4 aromatic rings. The Morgan fingerprint density at radius 3 is 2.76 bits per heavy atom. The first-order valence-corrected chi connectivity index (χ1v) is 13.2. The largest absolute Gasteiger partial charge is 0.376 e. The summed E-state index contributed by atoms with van der Waals surface area (Å²) in [5.74, 6) is 0.388. The summed E-state index contributed by atoms with van der Waals surface area (Å²) in [6.07, 6.45) is 4.97. The molecule has 2 aromatic heterocycles. The number of benzene rings is 2. The van der Waals surface area contributed by atoms with Crippen molar-refractivity contribution in [3.63, 3.8) is 0 Å². The predicted octanol–water partition coefficient (Wildman–Crippen LogP) is 4.33. The normalized spacial score (nSPS) is 19.1. The van der Waals surface area contributed by atoms with E-state index in [0.29, 0.717) is 31.0 Å². The lowest BCUT2D eigenvalue weighted by Gasteiger charge is -2.33. The molecule has 2 aliphatic heterocycles. The molecule has 0 saturated carbocycles. The van der Waals surface area contributed by atoms with Crippen LogP contribution in [0.2, 0.25) is 0 Å². The lowest BCUT2D eigenvalue weighted by atomic mass is 9.96. The summed E-state index contributed by atoms with van der Waals surface area (Å²) >= 11 is 0. The van der Waals surface area contributed by atoms with E-state index >= 15 is 0 Å². The fourth-order valence-corrected chi connectivity index (χ4v) is 5.77. The van der Waals surface area contributed by atoms with Gasteiger partial charge in [-0.1, -0.05) is 29.8 Å². The Bertz CT molecular complexity index is 1550. The fraction of sp³-hybridized carbons (Fsp3) is 0.379. The lowest BCUT2D eigenvalue weighted by molar-refractivity contribution is 0.0910. The minimum absolute atomic E-state index is 0.0596. The van der Waals surface area contributed by atoms with E-state index in [0.717, 1.165) is 59.0 Å². The van der Waals surface area contributed by atoms with Crippen LogP contribution in [0.15, 0.2) is 53.3 Å². The maximum Gasteiger partial charge on any atom is 0.253 e. The number of nitrogens with zero attached hydrogens (tertiary/aromatic N) is 5. The van der Waals surface area contributed by atoms with Gasteiger partial charge in [0.25, 0.3) is 5.56 Å². The summed E-state index contributed by atoms with van der Waals surface area (Å²) in [5, 5.41) is 13.7. The van der Waals surface area contributed by atoms with E-state index in [1.807, 2.05) is 25.1 Å². The van der Waals surface area contributed by atoms with Crippen molar-refractivity contribution in [1.29, 1.82) is 0 Å². The third kappa shape index (κ3) is 4.79. The maximum absolute atomic E-state index is 13.6. The standard InChI is InChI=1S/C29H31FN6O2/c1-18-14-19(2)26-22(15-18)16-25(29(37)31-26)27(28-32-33-34-36(28)17-24-4-3-13-38-24)35-11-9-21(10-12-35)20-5-7-23(30)8-6-20/h5-9,14-16,24,27H,3-4,10-13,17H2,1-2H3,(H,31,37)/t24-,27-/m0/s1. The molecule has 1 saturated heterocycles. The molecule has 2 atom stereocenters. The first kappa shape index (κ1) is 24.6. The highest BCUT2D eigenvalue weighted by Gasteiger charge is 2.32. The molecular formula is C29H31FN6O2. The Morgan fingerprint density at radius 1 is 1.18 bits per heavy atom. The molecule has 0 unspecified atom stereocenters. The number of aryl methyl sites for hydroxylation is 2. The van der Waals surface area contributed by atoms with Crippen LogP contribution in [0.4, 0.5) is 4.39 Å². The highest BCUT2D eigenvalue weighted by molar-refractivity contribution is 5.83. The van der Waals surface area contributed by atoms with Gasteiger partial charge in [-0.3, -0.25) is 9.69 Å². The fourth-order valence-electron chi connectivity index (χ4n) is 5.77. The third-order valence-corrected chi connectivity index (χ3v) is 7.64. The molecule has 196 valence electrons. The van der Waals surface area contributed by atoms with Gasteiger partial charge >= 0.3 is 0 Å². The zero-order valence-electron chi connectivity index (χ0n) is 21.7. The minimum Gasteiger partial charge on any atom is -0.376 e. The molecule has 9 heteroatoms. The molecule has 2 aliphatic rings. The van der Waals surface area contributed by atoms with Crippen LogP contribution >= 0.6 is 0 Å². The van der Waals surface area contributed by atoms with Crippen molar-refractivity contribution >= 4 is 16.5 Å². The van der Waals surface area contributed by atoms with Crippen molar-refractivity contribution in [2.45, 2.75) is 51.8 Å². The molecule has 4 heterocycles. The molecule has 0 bridgehead atoms. The molecule has 8 nitrogen and oxygen atoms in total. The summed E-state index contributed by atoms with van der Waals surface area (Å²) in [4.78, 5) is 19.0. The van der Waals surface area contributed by atoms with Crippen LogP contribution in [0.1, 0.15) is 53.4 Å². The van der Waals surface area contributed by atoms with E-state index in [1.54, 1.807) is 4.68 Å². The second-order valence-corrected chi connectivity index (χ2v) is 10.3. The molecular weight excluding hydrogens is 483 g/mol. The summed E-state index contributed by atoms with van der Waals surface area (Å²) in [7, 11) is 0. The number of tetrazole rings is 1. The van der Waals surface area contributed by atoms with Crippen molar-refractivity contribution < 1.29 is 9.13 Å². The van der Waals surface area contributed by atoms with E-state index in [2.05, 4.69) is 50.5 Å². The molecule has 1 fully saturated rings. The number of aromatic nitrogens is 5. The van der Waals surface area contributed by atoms with Crippen molar-refractivity contribution in [2.75, 3.05) is 19.7 Å². The highest BCUT2D eigenvalue weighted by Crippen LogP contribution is 2.32. The van der Waals surface area contributed by atoms with E-state index in [-0.39, 0.29) is 17.5 Å². The average Bonchev–Trinajstić information content (AvgIpc) is 3.59. The van der Waals surface area contributed by atoms with Crippen LogP contribution in [-0.2, 0) is 11.3 Å². The van der Waals surface area contributed by atoms with Crippen LogP contribution in [0, 0.1) is 19.7 Å². The van der Waals surface area contributed by atoms with E-state index < -0.39 is 6.04 Å². The van der Waals surface area contributed by atoms with E-state index in [1.165, 1.54) is 12.1 Å². The van der Waals surface area contributed by atoms with Gasteiger partial charge in [-0.2, -0.15) is 0 Å². The Labute approximate surface area is 220 Å². The van der Waals surface area contributed by atoms with Crippen LogP contribution in [-0.4, -0.2) is 55.9 Å². The maximum atomic E-state index is 13.6. The lowest BCUT2D eigenvalue weighted by Crippen LogP contribution is -2.38. The monoisotopic (exact) mass is 514 g/mol. The highest BCUT2D eigenvalue weighted by atomic mass is 19.1. The van der Waals surface area contributed by atoms with Gasteiger partial charge in [0.2, 0.25) is 0 Å². The number of H-pyrrole nitrogens is 1. The number of ether oxygens (including phenoxy) is 1. The molecule has 0 amide bonds. The summed E-state index contributed by atoms with van der Waals surface area (Å²) in [5.41, 5.74) is 5.67. The van der Waals surface area contributed by atoms with Crippen LogP contribution < -0.4 is 5.56 Å². The van der Waals surface area contributed by atoms with Gasteiger partial charge in [-0.05, 0) is 89.9 Å². The number of hydrogen-bond acceptors (Lipinski definition) is 6. The number of aromatic amines is 1. The molecule has 0 radical (unpaired) electrons. The number of pyridine rings is 1. The Kier molecular flexibility index (Phi) is 6.63. The molecule has 1 N–H and O–H groups in total. The predicted molar refractivity (Wildman–Crippen MR) is 143 cm³/mol. The Hall–Kier alpha value is -3.69. The third-order valence-electron chi connectivity index (χ3n) is 7.64. The molecule has 6 rings (SSSR count). The van der Waals surface area contributed by atoms with Gasteiger partial charge in [0.1, 0.15) is 11.9 Å². The number of rotatable bonds is 6. The van der Waals surface area contributed by atoms with Crippen LogP contribution in [0.5, 0.6) is 0 Å². The average molecular weight is 515 g/mol. The smallest absolute Gasteiger partial charge is 0.253 e.